The van der Waals surface area contributed by atoms with Crippen molar-refractivity contribution in [1.82, 2.24) is 10.2 Å². The molecule has 0 bridgehead atoms. The first kappa shape index (κ1) is 15.4. The summed E-state index contributed by atoms with van der Waals surface area (Å²) < 4.78 is 0. The molecule has 0 radical (unpaired) electrons. The summed E-state index contributed by atoms with van der Waals surface area (Å²) >= 11 is 0. The average Bonchev–Trinajstić information content (AvgIpc) is 2.37. The maximum absolute atomic E-state index is 12.1. The van der Waals surface area contributed by atoms with E-state index in [4.69, 9.17) is 5.73 Å². The monoisotopic (exact) mass is 255 g/mol. The van der Waals surface area contributed by atoms with Crippen molar-refractivity contribution in [2.45, 2.75) is 71.0 Å². The van der Waals surface area contributed by atoms with Gasteiger partial charge in [0, 0.05) is 25.2 Å². The number of carbonyl (C=O) groups excluding carboxylic acids is 1. The second kappa shape index (κ2) is 7.74. The van der Waals surface area contributed by atoms with Gasteiger partial charge in [-0.05, 0) is 33.1 Å². The minimum atomic E-state index is -0.0642. The number of unbranched alkanes of at least 4 members (excludes halogenated alkanes) is 1. The number of likely N-dealkylation sites (tertiary alicyclic amines) is 1. The Hall–Kier alpha value is -0.610. The molecular weight excluding hydrogens is 226 g/mol. The van der Waals surface area contributed by atoms with Crippen molar-refractivity contribution in [1.29, 1.82) is 0 Å². The third kappa shape index (κ3) is 3.95. The fourth-order valence-corrected chi connectivity index (χ4v) is 2.92. The molecule has 3 N–H and O–H groups in total. The molecule has 0 aliphatic carbocycles. The lowest BCUT2D eigenvalue weighted by atomic mass is 9.94. The van der Waals surface area contributed by atoms with Gasteiger partial charge in [-0.2, -0.15) is 0 Å². The van der Waals surface area contributed by atoms with Gasteiger partial charge in [0.25, 0.3) is 0 Å². The van der Waals surface area contributed by atoms with Crippen molar-refractivity contribution in [3.63, 3.8) is 0 Å². The number of carbonyl (C=O) groups is 1. The molecule has 18 heavy (non-hydrogen) atoms. The zero-order chi connectivity index (χ0) is 13.5. The van der Waals surface area contributed by atoms with Gasteiger partial charge in [-0.25, -0.2) is 0 Å². The summed E-state index contributed by atoms with van der Waals surface area (Å²) in [5, 5.41) is 3.02. The molecule has 1 aliphatic heterocycles. The predicted octanol–water partition coefficient (Wildman–Crippen LogP) is 1.49. The molecule has 1 heterocycles. The molecule has 0 aromatic rings. The van der Waals surface area contributed by atoms with Gasteiger partial charge >= 0.3 is 0 Å². The average molecular weight is 255 g/mol. The zero-order valence-electron chi connectivity index (χ0n) is 12.1. The molecule has 106 valence electrons. The highest BCUT2D eigenvalue weighted by Gasteiger charge is 2.33. The van der Waals surface area contributed by atoms with Gasteiger partial charge in [0.2, 0.25) is 5.91 Å². The predicted molar refractivity (Wildman–Crippen MR) is 75.4 cm³/mol. The number of nitrogens with one attached hydrogen (secondary N) is 1. The smallest absolute Gasteiger partial charge is 0.237 e. The second-order valence-electron chi connectivity index (χ2n) is 5.44. The molecule has 1 fully saturated rings. The standard InChI is InChI=1S/C14H29N3O/c1-4-5-9-16-14(18)12(3)17-11(2)7-6-8-13(17)10-15/h11-13H,4-10,15H2,1-3H3,(H,16,18). The molecule has 0 aromatic heterocycles. The first-order valence-electron chi connectivity index (χ1n) is 7.37. The normalized spacial score (nSPS) is 26.9. The van der Waals surface area contributed by atoms with E-state index in [1.807, 2.05) is 6.92 Å². The molecule has 4 nitrogen and oxygen atoms in total. The van der Waals surface area contributed by atoms with Crippen LogP contribution < -0.4 is 11.1 Å². The molecule has 1 saturated heterocycles. The van der Waals surface area contributed by atoms with Crippen molar-refractivity contribution in [2.24, 2.45) is 5.73 Å². The number of nitrogens with zero attached hydrogens (tertiary/aromatic N) is 1. The fourth-order valence-electron chi connectivity index (χ4n) is 2.92. The minimum absolute atomic E-state index is 0.0642. The van der Waals surface area contributed by atoms with E-state index in [9.17, 15) is 4.79 Å². The van der Waals surface area contributed by atoms with Gasteiger partial charge in [-0.1, -0.05) is 19.8 Å². The van der Waals surface area contributed by atoms with Crippen molar-refractivity contribution >= 4 is 5.91 Å². The highest BCUT2D eigenvalue weighted by Crippen LogP contribution is 2.24. The van der Waals surface area contributed by atoms with Crippen LogP contribution in [0.5, 0.6) is 0 Å². The third-order valence-corrected chi connectivity index (χ3v) is 4.02. The molecule has 0 saturated carbocycles. The first-order chi connectivity index (χ1) is 8.61. The van der Waals surface area contributed by atoms with E-state index in [0.29, 0.717) is 18.6 Å². The summed E-state index contributed by atoms with van der Waals surface area (Å²) in [6.45, 7) is 7.78. The van der Waals surface area contributed by atoms with Crippen molar-refractivity contribution < 1.29 is 4.79 Å². The lowest BCUT2D eigenvalue weighted by Crippen LogP contribution is -2.57. The lowest BCUT2D eigenvalue weighted by Gasteiger charge is -2.43. The van der Waals surface area contributed by atoms with Crippen LogP contribution in [-0.4, -0.2) is 42.0 Å². The Morgan fingerprint density at radius 1 is 1.50 bits per heavy atom. The summed E-state index contributed by atoms with van der Waals surface area (Å²) in [7, 11) is 0. The van der Waals surface area contributed by atoms with Gasteiger partial charge in [0.05, 0.1) is 6.04 Å². The Labute approximate surface area is 111 Å². The SMILES string of the molecule is CCCCNC(=O)C(C)N1C(C)CCCC1CN. The summed E-state index contributed by atoms with van der Waals surface area (Å²) in [4.78, 5) is 14.4. The largest absolute Gasteiger partial charge is 0.355 e. The van der Waals surface area contributed by atoms with Gasteiger partial charge < -0.3 is 11.1 Å². The van der Waals surface area contributed by atoms with E-state index in [0.717, 1.165) is 25.8 Å². The molecule has 4 heteroatoms. The number of piperidine rings is 1. The number of rotatable bonds is 6. The van der Waals surface area contributed by atoms with Crippen molar-refractivity contribution in [3.8, 4) is 0 Å². The minimum Gasteiger partial charge on any atom is -0.355 e. The van der Waals surface area contributed by atoms with Gasteiger partial charge in [-0.15, -0.1) is 0 Å². The quantitative estimate of drug-likeness (QED) is 0.707. The summed E-state index contributed by atoms with van der Waals surface area (Å²) in [5.41, 5.74) is 5.84. The Morgan fingerprint density at radius 3 is 2.83 bits per heavy atom. The molecule has 0 spiro atoms. The highest BCUT2D eigenvalue weighted by atomic mass is 16.2. The van der Waals surface area contributed by atoms with E-state index in [1.54, 1.807) is 0 Å². The Kier molecular flexibility index (Phi) is 6.65. The zero-order valence-corrected chi connectivity index (χ0v) is 12.1. The molecular formula is C14H29N3O. The van der Waals surface area contributed by atoms with Crippen molar-refractivity contribution in [2.75, 3.05) is 13.1 Å². The molecule has 3 unspecified atom stereocenters. The fraction of sp³-hybridized carbons (Fsp3) is 0.929. The van der Waals surface area contributed by atoms with Gasteiger partial charge in [0.1, 0.15) is 0 Å². The van der Waals surface area contributed by atoms with Crippen LogP contribution >= 0.6 is 0 Å². The van der Waals surface area contributed by atoms with Crippen LogP contribution in [0.2, 0.25) is 0 Å². The summed E-state index contributed by atoms with van der Waals surface area (Å²) in [5.74, 6) is 0.149. The maximum Gasteiger partial charge on any atom is 0.237 e. The molecule has 0 aromatic carbocycles. The molecule has 1 amide bonds. The number of nitrogens with two attached hydrogens (primary N) is 1. The van der Waals surface area contributed by atoms with Crippen LogP contribution in [-0.2, 0) is 4.79 Å². The highest BCUT2D eigenvalue weighted by molar-refractivity contribution is 5.81. The van der Waals surface area contributed by atoms with Crippen LogP contribution in [0.25, 0.3) is 0 Å². The lowest BCUT2D eigenvalue weighted by molar-refractivity contribution is -0.128. The van der Waals surface area contributed by atoms with Crippen LogP contribution in [0.4, 0.5) is 0 Å². The van der Waals surface area contributed by atoms with Crippen LogP contribution in [0.15, 0.2) is 0 Å². The molecule has 1 aliphatic rings. The van der Waals surface area contributed by atoms with E-state index < -0.39 is 0 Å². The number of hydrogen-bond acceptors (Lipinski definition) is 3. The number of amides is 1. The Bertz CT molecular complexity index is 257. The topological polar surface area (TPSA) is 58.4 Å². The summed E-state index contributed by atoms with van der Waals surface area (Å²) in [6.07, 6.45) is 5.68. The van der Waals surface area contributed by atoms with Crippen LogP contribution in [0, 0.1) is 0 Å². The van der Waals surface area contributed by atoms with E-state index in [2.05, 4.69) is 24.1 Å². The van der Waals surface area contributed by atoms with Gasteiger partial charge in [-0.3, -0.25) is 9.69 Å². The summed E-state index contributed by atoms with van der Waals surface area (Å²) in [6, 6.07) is 0.755. The maximum atomic E-state index is 12.1. The Balaban J connectivity index is 2.55. The Morgan fingerprint density at radius 2 is 2.22 bits per heavy atom. The number of hydrogen-bond donors (Lipinski definition) is 2. The second-order valence-corrected chi connectivity index (χ2v) is 5.44. The van der Waals surface area contributed by atoms with Gasteiger partial charge in [0.15, 0.2) is 0 Å². The molecule has 3 atom stereocenters. The van der Waals surface area contributed by atoms with Crippen LogP contribution in [0.1, 0.15) is 52.9 Å². The van der Waals surface area contributed by atoms with Crippen LogP contribution in [0.3, 0.4) is 0 Å². The van der Waals surface area contributed by atoms with E-state index in [-0.39, 0.29) is 11.9 Å². The van der Waals surface area contributed by atoms with E-state index in [1.165, 1.54) is 12.8 Å². The first-order valence-corrected chi connectivity index (χ1v) is 7.37. The molecule has 1 rings (SSSR count). The van der Waals surface area contributed by atoms with E-state index >= 15 is 0 Å². The third-order valence-electron chi connectivity index (χ3n) is 4.02. The van der Waals surface area contributed by atoms with Crippen molar-refractivity contribution in [3.05, 3.63) is 0 Å².